The number of Topliss-reactive ketones (excluding diaryl/α,β-unsaturated/α-hetero) is 1. The number of rotatable bonds is 6. The number of hydrogen-bond acceptors (Lipinski definition) is 3. The van der Waals surface area contributed by atoms with Gasteiger partial charge in [0.05, 0.1) is 12.2 Å². The van der Waals surface area contributed by atoms with Crippen molar-refractivity contribution in [1.82, 2.24) is 9.47 Å². The van der Waals surface area contributed by atoms with E-state index in [9.17, 15) is 4.79 Å². The zero-order chi connectivity index (χ0) is 21.4. The topological polar surface area (TPSA) is 68.3 Å². The number of primary amides is 1. The molecule has 0 unspecified atom stereocenters. The molecule has 5 heteroatoms. The highest BCUT2D eigenvalue weighted by molar-refractivity contribution is 6.03. The van der Waals surface area contributed by atoms with E-state index in [1.165, 1.54) is 24.8 Å². The van der Waals surface area contributed by atoms with Crippen LogP contribution in [0.2, 0.25) is 0 Å². The van der Waals surface area contributed by atoms with Gasteiger partial charge in [0.1, 0.15) is 0 Å². The number of nitrogens with two attached hydrogens (primary N) is 1. The SMILES string of the molecule is C=Cc1c(C(=O)CN2CCCCC2)c(C)n(-c2ccc(C)cc2)c1C=C.NC=O. The molecule has 1 fully saturated rings. The van der Waals surface area contributed by atoms with Gasteiger partial charge in [0, 0.05) is 22.5 Å². The van der Waals surface area contributed by atoms with Gasteiger partial charge in [-0.05, 0) is 58.0 Å². The number of likely N-dealkylation sites (tertiary alicyclic amines) is 1. The fraction of sp³-hybridized carbons (Fsp3) is 0.333. The first-order valence-electron chi connectivity index (χ1n) is 9.96. The molecule has 5 nitrogen and oxygen atoms in total. The Morgan fingerprint density at radius 2 is 1.66 bits per heavy atom. The molecule has 1 aliphatic heterocycles. The summed E-state index contributed by atoms with van der Waals surface area (Å²) >= 11 is 0. The van der Waals surface area contributed by atoms with Crippen LogP contribution in [0.15, 0.2) is 37.4 Å². The minimum Gasteiger partial charge on any atom is -0.372 e. The molecule has 1 aliphatic rings. The van der Waals surface area contributed by atoms with Crippen LogP contribution in [0.3, 0.4) is 0 Å². The Morgan fingerprint density at radius 3 is 2.17 bits per heavy atom. The Kier molecular flexibility index (Phi) is 8.16. The number of aromatic nitrogens is 1. The third-order valence-corrected chi connectivity index (χ3v) is 5.27. The van der Waals surface area contributed by atoms with Gasteiger partial charge < -0.3 is 10.3 Å². The predicted octanol–water partition coefficient (Wildman–Crippen LogP) is 4.15. The third-order valence-electron chi connectivity index (χ3n) is 5.27. The summed E-state index contributed by atoms with van der Waals surface area (Å²) in [6.07, 6.45) is 7.50. The van der Waals surface area contributed by atoms with Crippen molar-refractivity contribution in [3.8, 4) is 5.69 Å². The summed E-state index contributed by atoms with van der Waals surface area (Å²) < 4.78 is 2.12. The van der Waals surface area contributed by atoms with Gasteiger partial charge in [-0.3, -0.25) is 14.5 Å². The lowest BCUT2D eigenvalue weighted by atomic mass is 10.0. The van der Waals surface area contributed by atoms with E-state index < -0.39 is 0 Å². The summed E-state index contributed by atoms with van der Waals surface area (Å²) in [7, 11) is 0. The number of piperidine rings is 1. The summed E-state index contributed by atoms with van der Waals surface area (Å²) in [6.45, 7) is 14.5. The van der Waals surface area contributed by atoms with Gasteiger partial charge in [0.25, 0.3) is 0 Å². The van der Waals surface area contributed by atoms with Gasteiger partial charge >= 0.3 is 0 Å². The Morgan fingerprint density at radius 1 is 1.07 bits per heavy atom. The summed E-state index contributed by atoms with van der Waals surface area (Å²) in [4.78, 5) is 24.0. The van der Waals surface area contributed by atoms with Gasteiger partial charge in [0.15, 0.2) is 5.78 Å². The van der Waals surface area contributed by atoms with E-state index in [0.29, 0.717) is 6.54 Å². The second kappa shape index (κ2) is 10.6. The van der Waals surface area contributed by atoms with E-state index in [2.05, 4.69) is 59.5 Å². The summed E-state index contributed by atoms with van der Waals surface area (Å²) in [5.74, 6) is 0.174. The maximum Gasteiger partial charge on any atom is 0.204 e. The number of hydrogen-bond donors (Lipinski definition) is 1. The standard InChI is InChI=1S/C23H28N2O.CH3NO/c1-5-20-21(6-2)25(19-12-10-17(3)11-13-19)18(4)23(20)22(26)16-24-14-8-7-9-15-24;2-1-3/h5-6,10-13H,1-2,7-9,14-16H2,3-4H3;1H,(H2,2,3). The molecule has 2 heterocycles. The van der Waals surface area contributed by atoms with E-state index in [4.69, 9.17) is 4.79 Å². The quantitative estimate of drug-likeness (QED) is 0.592. The molecule has 0 atom stereocenters. The fourth-order valence-corrected chi connectivity index (χ4v) is 3.92. The van der Waals surface area contributed by atoms with Crippen LogP contribution in [0.5, 0.6) is 0 Å². The van der Waals surface area contributed by atoms with Crippen molar-refractivity contribution in [2.45, 2.75) is 33.1 Å². The number of carbonyl (C=O) groups is 2. The highest BCUT2D eigenvalue weighted by Crippen LogP contribution is 2.29. The Labute approximate surface area is 173 Å². The van der Waals surface area contributed by atoms with Crippen LogP contribution in [0.4, 0.5) is 0 Å². The largest absolute Gasteiger partial charge is 0.372 e. The first kappa shape index (κ1) is 22.4. The lowest BCUT2D eigenvalue weighted by Crippen LogP contribution is -2.34. The van der Waals surface area contributed by atoms with Crippen molar-refractivity contribution in [1.29, 1.82) is 0 Å². The number of aryl methyl sites for hydroxylation is 1. The van der Waals surface area contributed by atoms with Crippen LogP contribution >= 0.6 is 0 Å². The average molecular weight is 394 g/mol. The van der Waals surface area contributed by atoms with Crippen molar-refractivity contribution in [2.24, 2.45) is 5.73 Å². The zero-order valence-electron chi connectivity index (χ0n) is 17.5. The summed E-state index contributed by atoms with van der Waals surface area (Å²) in [6, 6.07) is 8.34. The lowest BCUT2D eigenvalue weighted by molar-refractivity contribution is -0.106. The molecule has 0 saturated carbocycles. The van der Waals surface area contributed by atoms with Gasteiger partial charge in [0.2, 0.25) is 6.41 Å². The van der Waals surface area contributed by atoms with Gasteiger partial charge in [-0.25, -0.2) is 0 Å². The van der Waals surface area contributed by atoms with Crippen molar-refractivity contribution < 1.29 is 9.59 Å². The van der Waals surface area contributed by atoms with Crippen LogP contribution in [0, 0.1) is 13.8 Å². The Bertz CT molecular complexity index is 873. The molecular formula is C24H31N3O2. The minimum atomic E-state index is 0.174. The van der Waals surface area contributed by atoms with Gasteiger partial charge in [-0.1, -0.05) is 43.4 Å². The van der Waals surface area contributed by atoms with E-state index in [0.717, 1.165) is 41.3 Å². The smallest absolute Gasteiger partial charge is 0.204 e. The molecule has 0 spiro atoms. The maximum absolute atomic E-state index is 13.1. The summed E-state index contributed by atoms with van der Waals surface area (Å²) in [5, 5.41) is 0. The molecule has 154 valence electrons. The molecule has 1 aromatic heterocycles. The van der Waals surface area contributed by atoms with E-state index in [1.54, 1.807) is 6.08 Å². The van der Waals surface area contributed by atoms with Crippen LogP contribution in [-0.4, -0.2) is 41.3 Å². The number of nitrogens with zero attached hydrogens (tertiary/aromatic N) is 2. The van der Waals surface area contributed by atoms with Crippen molar-refractivity contribution in [3.63, 3.8) is 0 Å². The van der Waals surface area contributed by atoms with Crippen LogP contribution in [-0.2, 0) is 4.79 Å². The normalized spacial score (nSPS) is 13.9. The fourth-order valence-electron chi connectivity index (χ4n) is 3.92. The maximum atomic E-state index is 13.1. The van der Waals surface area contributed by atoms with Crippen LogP contribution in [0.1, 0.15) is 52.1 Å². The average Bonchev–Trinajstić information content (AvgIpc) is 3.01. The van der Waals surface area contributed by atoms with Crippen LogP contribution in [0.25, 0.3) is 17.8 Å². The molecule has 1 saturated heterocycles. The van der Waals surface area contributed by atoms with Crippen LogP contribution < -0.4 is 5.73 Å². The third kappa shape index (κ3) is 5.12. The number of carbonyl (C=O) groups excluding carboxylic acids is 2. The molecule has 0 bridgehead atoms. The molecule has 2 N–H and O–H groups in total. The molecule has 0 radical (unpaired) electrons. The molecule has 1 aromatic carbocycles. The number of ketones is 1. The second-order valence-electron chi connectivity index (χ2n) is 7.23. The van der Waals surface area contributed by atoms with Crippen molar-refractivity contribution >= 4 is 24.3 Å². The number of amides is 1. The highest BCUT2D eigenvalue weighted by atomic mass is 16.1. The van der Waals surface area contributed by atoms with Crippen molar-refractivity contribution in [2.75, 3.05) is 19.6 Å². The molecule has 1 amide bonds. The summed E-state index contributed by atoms with van der Waals surface area (Å²) in [5.41, 5.74) is 9.98. The Balaban J connectivity index is 0.000000941. The number of benzene rings is 1. The van der Waals surface area contributed by atoms with E-state index in [-0.39, 0.29) is 12.2 Å². The van der Waals surface area contributed by atoms with E-state index in [1.807, 2.05) is 13.0 Å². The molecule has 0 aliphatic carbocycles. The zero-order valence-corrected chi connectivity index (χ0v) is 17.5. The first-order valence-corrected chi connectivity index (χ1v) is 9.96. The van der Waals surface area contributed by atoms with Gasteiger partial charge in [-0.15, -0.1) is 0 Å². The molecule has 3 rings (SSSR count). The van der Waals surface area contributed by atoms with Gasteiger partial charge in [-0.2, -0.15) is 0 Å². The molecular weight excluding hydrogens is 362 g/mol. The second-order valence-corrected chi connectivity index (χ2v) is 7.23. The van der Waals surface area contributed by atoms with Crippen molar-refractivity contribution in [3.05, 3.63) is 65.5 Å². The minimum absolute atomic E-state index is 0.174. The van der Waals surface area contributed by atoms with E-state index >= 15 is 0 Å². The highest BCUT2D eigenvalue weighted by Gasteiger charge is 2.24. The Hall–Kier alpha value is -2.92. The first-order chi connectivity index (χ1) is 14.0. The predicted molar refractivity (Wildman–Crippen MR) is 120 cm³/mol. The molecule has 29 heavy (non-hydrogen) atoms. The molecule has 2 aromatic rings. The monoisotopic (exact) mass is 393 g/mol. The lowest BCUT2D eigenvalue weighted by Gasteiger charge is -2.25.